The second kappa shape index (κ2) is 5.85. The van der Waals surface area contributed by atoms with Gasteiger partial charge in [-0.25, -0.2) is 0 Å². The van der Waals surface area contributed by atoms with Crippen LogP contribution in [-0.2, 0) is 14.4 Å². The molecule has 1 aliphatic rings. The Balaban J connectivity index is 2.92. The fourth-order valence-electron chi connectivity index (χ4n) is 2.27. The van der Waals surface area contributed by atoms with Gasteiger partial charge in [-0.1, -0.05) is 27.7 Å². The van der Waals surface area contributed by atoms with E-state index in [1.165, 1.54) is 11.8 Å². The molecule has 19 heavy (non-hydrogen) atoms. The monoisotopic (exact) mass is 267 g/mol. The number of carbonyl (C=O) groups is 3. The zero-order chi connectivity index (χ0) is 14.8. The van der Waals surface area contributed by atoms with Crippen molar-refractivity contribution < 1.29 is 14.4 Å². The SMILES string of the molecule is CC(=O)C1CCCCN1C(=O)C(=O)C(C)(C)C(C)C. The lowest BCUT2D eigenvalue weighted by Crippen LogP contribution is -2.52. The highest BCUT2D eigenvalue weighted by molar-refractivity contribution is 6.38. The first-order valence-electron chi connectivity index (χ1n) is 7.05. The maximum absolute atomic E-state index is 12.4. The first-order valence-corrected chi connectivity index (χ1v) is 7.05. The van der Waals surface area contributed by atoms with Crippen LogP contribution in [0.15, 0.2) is 0 Å². The predicted molar refractivity (Wildman–Crippen MR) is 73.7 cm³/mol. The second-order valence-electron chi connectivity index (χ2n) is 6.33. The third-order valence-corrected chi connectivity index (χ3v) is 4.46. The van der Waals surface area contributed by atoms with Gasteiger partial charge in [0.05, 0.1) is 6.04 Å². The summed E-state index contributed by atoms with van der Waals surface area (Å²) in [6, 6.07) is -0.409. The summed E-state index contributed by atoms with van der Waals surface area (Å²) in [6.07, 6.45) is 2.48. The molecule has 0 radical (unpaired) electrons. The van der Waals surface area contributed by atoms with Crippen LogP contribution in [0.1, 0.15) is 53.9 Å². The number of hydrogen-bond acceptors (Lipinski definition) is 3. The van der Waals surface area contributed by atoms with E-state index in [0.29, 0.717) is 13.0 Å². The number of carbonyl (C=O) groups excluding carboxylic acids is 3. The van der Waals surface area contributed by atoms with E-state index in [4.69, 9.17) is 0 Å². The zero-order valence-corrected chi connectivity index (χ0v) is 12.7. The van der Waals surface area contributed by atoms with Gasteiger partial charge in [-0.3, -0.25) is 14.4 Å². The van der Waals surface area contributed by atoms with E-state index in [1.807, 2.05) is 13.8 Å². The van der Waals surface area contributed by atoms with Gasteiger partial charge in [-0.15, -0.1) is 0 Å². The van der Waals surface area contributed by atoms with Crippen molar-refractivity contribution in [3.8, 4) is 0 Å². The minimum atomic E-state index is -0.685. The summed E-state index contributed by atoms with van der Waals surface area (Å²) < 4.78 is 0. The molecule has 1 rings (SSSR count). The number of piperidine rings is 1. The molecule has 0 aromatic rings. The molecule has 0 aliphatic carbocycles. The minimum Gasteiger partial charge on any atom is -0.326 e. The number of ketones is 2. The number of Topliss-reactive ketones (excluding diaryl/α,β-unsaturated/α-hetero) is 2. The van der Waals surface area contributed by atoms with Gasteiger partial charge in [0.25, 0.3) is 5.91 Å². The lowest BCUT2D eigenvalue weighted by Gasteiger charge is -2.36. The highest BCUT2D eigenvalue weighted by atomic mass is 16.2. The average molecular weight is 267 g/mol. The van der Waals surface area contributed by atoms with Gasteiger partial charge in [0.1, 0.15) is 0 Å². The van der Waals surface area contributed by atoms with E-state index in [0.717, 1.165) is 12.8 Å². The normalized spacial score (nSPS) is 20.5. The van der Waals surface area contributed by atoms with Gasteiger partial charge in [-0.2, -0.15) is 0 Å². The Kier molecular flexibility index (Phi) is 4.88. The van der Waals surface area contributed by atoms with Gasteiger partial charge in [-0.05, 0) is 32.1 Å². The van der Waals surface area contributed by atoms with Crippen molar-refractivity contribution in [1.29, 1.82) is 0 Å². The molecule has 1 heterocycles. The van der Waals surface area contributed by atoms with Crippen LogP contribution in [0.4, 0.5) is 0 Å². The largest absolute Gasteiger partial charge is 0.326 e. The molecule has 1 atom stereocenters. The number of rotatable bonds is 4. The van der Waals surface area contributed by atoms with Crippen molar-refractivity contribution in [2.75, 3.05) is 6.54 Å². The molecule has 1 saturated heterocycles. The van der Waals surface area contributed by atoms with Crippen molar-refractivity contribution >= 4 is 17.5 Å². The van der Waals surface area contributed by atoms with Crippen LogP contribution in [0.3, 0.4) is 0 Å². The first-order chi connectivity index (χ1) is 8.69. The molecule has 0 N–H and O–H groups in total. The van der Waals surface area contributed by atoms with E-state index in [9.17, 15) is 14.4 Å². The maximum atomic E-state index is 12.4. The third kappa shape index (κ3) is 3.23. The first kappa shape index (κ1) is 15.9. The van der Waals surface area contributed by atoms with Crippen molar-refractivity contribution in [2.24, 2.45) is 11.3 Å². The van der Waals surface area contributed by atoms with Crippen LogP contribution in [0.25, 0.3) is 0 Å². The quantitative estimate of drug-likeness (QED) is 0.734. The van der Waals surface area contributed by atoms with Crippen LogP contribution in [0, 0.1) is 11.3 Å². The van der Waals surface area contributed by atoms with Crippen molar-refractivity contribution in [1.82, 2.24) is 4.90 Å². The molecule has 0 bridgehead atoms. The van der Waals surface area contributed by atoms with E-state index in [2.05, 4.69) is 0 Å². The topological polar surface area (TPSA) is 54.5 Å². The molecule has 0 aromatic heterocycles. The Hall–Kier alpha value is -1.19. The summed E-state index contributed by atoms with van der Waals surface area (Å²) >= 11 is 0. The smallest absolute Gasteiger partial charge is 0.291 e. The van der Waals surface area contributed by atoms with Gasteiger partial charge >= 0.3 is 0 Å². The molecule has 1 aliphatic heterocycles. The third-order valence-electron chi connectivity index (χ3n) is 4.46. The number of amides is 1. The number of hydrogen-bond donors (Lipinski definition) is 0. The fraction of sp³-hybridized carbons (Fsp3) is 0.800. The predicted octanol–water partition coefficient (Wildman–Crippen LogP) is 2.21. The lowest BCUT2D eigenvalue weighted by molar-refractivity contribution is -0.154. The summed E-state index contributed by atoms with van der Waals surface area (Å²) in [5.74, 6) is -0.804. The molecule has 4 heteroatoms. The number of likely N-dealkylation sites (tertiary alicyclic amines) is 1. The van der Waals surface area contributed by atoms with E-state index in [-0.39, 0.29) is 17.5 Å². The molecule has 0 aromatic carbocycles. The Morgan fingerprint density at radius 1 is 1.16 bits per heavy atom. The van der Waals surface area contributed by atoms with Gasteiger partial charge in [0.2, 0.25) is 5.78 Å². The summed E-state index contributed by atoms with van der Waals surface area (Å²) in [5.41, 5.74) is -0.685. The number of nitrogens with zero attached hydrogens (tertiary/aromatic N) is 1. The Morgan fingerprint density at radius 2 is 1.74 bits per heavy atom. The standard InChI is InChI=1S/C15H25NO3/c1-10(2)15(4,5)13(18)14(19)16-9-7-6-8-12(16)11(3)17/h10,12H,6-9H2,1-5H3. The van der Waals surface area contributed by atoms with Crippen molar-refractivity contribution in [3.63, 3.8) is 0 Å². The average Bonchev–Trinajstić information content (AvgIpc) is 2.36. The minimum absolute atomic E-state index is 0.0248. The van der Waals surface area contributed by atoms with Crippen LogP contribution in [0.5, 0.6) is 0 Å². The van der Waals surface area contributed by atoms with E-state index in [1.54, 1.807) is 13.8 Å². The molecule has 108 valence electrons. The van der Waals surface area contributed by atoms with E-state index < -0.39 is 17.4 Å². The van der Waals surface area contributed by atoms with Gasteiger partial charge < -0.3 is 4.90 Å². The van der Waals surface area contributed by atoms with Gasteiger partial charge in [0, 0.05) is 12.0 Å². The second-order valence-corrected chi connectivity index (χ2v) is 6.33. The van der Waals surface area contributed by atoms with Crippen LogP contribution in [-0.4, -0.2) is 35.0 Å². The molecule has 0 saturated carbocycles. The van der Waals surface area contributed by atoms with Crippen molar-refractivity contribution in [3.05, 3.63) is 0 Å². The summed E-state index contributed by atoms with van der Waals surface area (Å²) in [4.78, 5) is 37.9. The molecular weight excluding hydrogens is 242 g/mol. The Labute approximate surface area is 115 Å². The summed E-state index contributed by atoms with van der Waals surface area (Å²) in [5, 5.41) is 0. The molecule has 1 unspecified atom stereocenters. The lowest BCUT2D eigenvalue weighted by atomic mass is 9.76. The molecule has 0 spiro atoms. The highest BCUT2D eigenvalue weighted by Crippen LogP contribution is 2.29. The van der Waals surface area contributed by atoms with Crippen LogP contribution >= 0.6 is 0 Å². The molecule has 4 nitrogen and oxygen atoms in total. The highest BCUT2D eigenvalue weighted by Gasteiger charge is 2.41. The Bertz CT molecular complexity index is 385. The Morgan fingerprint density at radius 3 is 2.21 bits per heavy atom. The zero-order valence-electron chi connectivity index (χ0n) is 12.7. The van der Waals surface area contributed by atoms with Crippen molar-refractivity contribution in [2.45, 2.75) is 59.9 Å². The van der Waals surface area contributed by atoms with Gasteiger partial charge in [0.15, 0.2) is 5.78 Å². The van der Waals surface area contributed by atoms with Crippen LogP contribution in [0.2, 0.25) is 0 Å². The summed E-state index contributed by atoms with van der Waals surface area (Å²) in [6.45, 7) is 9.47. The maximum Gasteiger partial charge on any atom is 0.291 e. The molecular formula is C15H25NO3. The van der Waals surface area contributed by atoms with E-state index >= 15 is 0 Å². The molecule has 1 fully saturated rings. The van der Waals surface area contributed by atoms with Crippen LogP contribution < -0.4 is 0 Å². The molecule has 1 amide bonds. The fourth-order valence-corrected chi connectivity index (χ4v) is 2.27. The summed E-state index contributed by atoms with van der Waals surface area (Å²) in [7, 11) is 0.